The van der Waals surface area contributed by atoms with Gasteiger partial charge in [0.2, 0.25) is 11.8 Å². The fourth-order valence-electron chi connectivity index (χ4n) is 4.62. The minimum atomic E-state index is -0.231. The topological polar surface area (TPSA) is 168 Å². The van der Waals surface area contributed by atoms with E-state index in [2.05, 4.69) is 30.6 Å². The number of H-pyrrole nitrogens is 2. The highest BCUT2D eigenvalue weighted by Gasteiger charge is 2.10. The molecule has 12 nitrogen and oxygen atoms in total. The fourth-order valence-corrected chi connectivity index (χ4v) is 6.01. The van der Waals surface area contributed by atoms with Gasteiger partial charge in [-0.1, -0.05) is 56.3 Å². The molecule has 0 radical (unpaired) electrons. The third kappa shape index (κ3) is 11.4. The van der Waals surface area contributed by atoms with E-state index < -0.39 is 0 Å². The van der Waals surface area contributed by atoms with Gasteiger partial charge in [-0.15, -0.1) is 0 Å². The van der Waals surface area contributed by atoms with Crippen molar-refractivity contribution in [1.29, 1.82) is 0 Å². The molecule has 3 aromatic carbocycles. The lowest BCUT2D eigenvalue weighted by molar-refractivity contribution is -0.114. The fraction of sp³-hybridized carbons (Fsp3) is 0.222. The van der Waals surface area contributed by atoms with Gasteiger partial charge in [0.15, 0.2) is 10.3 Å². The molecule has 0 fully saturated rings. The van der Waals surface area contributed by atoms with Crippen LogP contribution < -0.4 is 31.2 Å². The Hall–Kier alpha value is -5.34. The van der Waals surface area contributed by atoms with Crippen LogP contribution >= 0.6 is 23.5 Å². The van der Waals surface area contributed by atoms with Crippen molar-refractivity contribution < 1.29 is 19.1 Å². The SMILES string of the molecule is CCCc1cc(=O)[nH]c(SCC(=O)Nc2ccc(Oc3cccc(Oc4ccc(NC(=O)CSc5nc(CCC)cc(=O)[nH]5)cc4)c3)cc2)n1. The monoisotopic (exact) mass is 712 g/mol. The van der Waals surface area contributed by atoms with Crippen LogP contribution in [0.15, 0.2) is 105 Å². The Bertz CT molecular complexity index is 1890. The summed E-state index contributed by atoms with van der Waals surface area (Å²) in [6.07, 6.45) is 3.15. The zero-order valence-corrected chi connectivity index (χ0v) is 29.1. The minimum Gasteiger partial charge on any atom is -0.457 e. The number of amides is 2. The number of carbonyl (C=O) groups excluding carboxylic acids is 2. The van der Waals surface area contributed by atoms with Crippen LogP contribution in [0.1, 0.15) is 38.1 Å². The maximum Gasteiger partial charge on any atom is 0.251 e. The molecular weight excluding hydrogens is 677 g/mol. The normalized spacial score (nSPS) is 10.8. The average Bonchev–Trinajstić information content (AvgIpc) is 3.08. The summed E-state index contributed by atoms with van der Waals surface area (Å²) in [6.45, 7) is 4.03. The number of aryl methyl sites for hydroxylation is 2. The number of benzene rings is 3. The van der Waals surface area contributed by atoms with Gasteiger partial charge in [-0.05, 0) is 73.5 Å². The van der Waals surface area contributed by atoms with Crippen LogP contribution in [-0.4, -0.2) is 43.3 Å². The maximum absolute atomic E-state index is 12.5. The molecule has 5 rings (SSSR count). The van der Waals surface area contributed by atoms with E-state index in [-0.39, 0.29) is 34.4 Å². The summed E-state index contributed by atoms with van der Waals surface area (Å²) in [5, 5.41) is 6.51. The number of nitrogens with zero attached hydrogens (tertiary/aromatic N) is 2. The van der Waals surface area contributed by atoms with Crippen LogP contribution in [0.2, 0.25) is 0 Å². The summed E-state index contributed by atoms with van der Waals surface area (Å²) in [5.74, 6) is 1.97. The summed E-state index contributed by atoms with van der Waals surface area (Å²) in [7, 11) is 0. The minimum absolute atomic E-state index is 0.0939. The largest absolute Gasteiger partial charge is 0.457 e. The van der Waals surface area contributed by atoms with E-state index in [1.54, 1.807) is 66.7 Å². The summed E-state index contributed by atoms with van der Waals surface area (Å²) in [6, 6.07) is 24.0. The predicted molar refractivity (Wildman–Crippen MR) is 196 cm³/mol. The molecule has 0 spiro atoms. The molecular formula is C36H36N6O6S2. The van der Waals surface area contributed by atoms with Crippen molar-refractivity contribution in [2.24, 2.45) is 0 Å². The molecule has 0 aliphatic carbocycles. The van der Waals surface area contributed by atoms with Gasteiger partial charge in [0.05, 0.1) is 11.5 Å². The second-order valence-electron chi connectivity index (χ2n) is 11.0. The highest BCUT2D eigenvalue weighted by atomic mass is 32.2. The van der Waals surface area contributed by atoms with Gasteiger partial charge < -0.3 is 30.1 Å². The van der Waals surface area contributed by atoms with E-state index in [0.717, 1.165) is 12.8 Å². The first-order valence-corrected chi connectivity index (χ1v) is 17.9. The molecule has 4 N–H and O–H groups in total. The molecule has 0 aliphatic heterocycles. The van der Waals surface area contributed by atoms with Crippen LogP contribution in [0.4, 0.5) is 11.4 Å². The van der Waals surface area contributed by atoms with E-state index in [9.17, 15) is 19.2 Å². The highest BCUT2D eigenvalue weighted by Crippen LogP contribution is 2.30. The van der Waals surface area contributed by atoms with Crippen LogP contribution in [0.3, 0.4) is 0 Å². The van der Waals surface area contributed by atoms with Crippen molar-refractivity contribution in [1.82, 2.24) is 19.9 Å². The molecule has 0 saturated carbocycles. The number of anilines is 2. The van der Waals surface area contributed by atoms with Gasteiger partial charge in [0, 0.05) is 41.0 Å². The molecule has 258 valence electrons. The van der Waals surface area contributed by atoms with E-state index in [1.165, 1.54) is 35.7 Å². The van der Waals surface area contributed by atoms with Crippen molar-refractivity contribution in [2.75, 3.05) is 22.1 Å². The van der Waals surface area contributed by atoms with Gasteiger partial charge in [0.25, 0.3) is 11.1 Å². The van der Waals surface area contributed by atoms with E-state index in [1.807, 2.05) is 19.9 Å². The Labute approximate surface area is 296 Å². The van der Waals surface area contributed by atoms with Gasteiger partial charge in [-0.3, -0.25) is 19.2 Å². The van der Waals surface area contributed by atoms with Crippen molar-refractivity contribution in [2.45, 2.75) is 49.8 Å². The Kier molecular flexibility index (Phi) is 12.9. The highest BCUT2D eigenvalue weighted by molar-refractivity contribution is 8.00. The molecule has 50 heavy (non-hydrogen) atoms. The van der Waals surface area contributed by atoms with Crippen molar-refractivity contribution in [3.63, 3.8) is 0 Å². The quantitative estimate of drug-likeness (QED) is 0.0631. The molecule has 2 heterocycles. The van der Waals surface area contributed by atoms with Crippen molar-refractivity contribution >= 4 is 46.7 Å². The van der Waals surface area contributed by atoms with E-state index in [0.29, 0.717) is 68.9 Å². The average molecular weight is 713 g/mol. The zero-order chi connectivity index (χ0) is 35.3. The first-order chi connectivity index (χ1) is 24.2. The van der Waals surface area contributed by atoms with Crippen molar-refractivity contribution in [3.8, 4) is 23.0 Å². The molecule has 0 aliphatic rings. The van der Waals surface area contributed by atoms with Gasteiger partial charge in [-0.25, -0.2) is 9.97 Å². The van der Waals surface area contributed by atoms with Crippen LogP contribution in [0.25, 0.3) is 0 Å². The summed E-state index contributed by atoms with van der Waals surface area (Å²) in [4.78, 5) is 62.8. The number of carbonyl (C=O) groups is 2. The standard InChI is InChI=1S/C36H36N6O6S2/c1-3-6-25-18-31(43)41-35(39-25)49-21-33(45)37-23-10-14-27(15-11-23)47-29-8-5-9-30(20-29)48-28-16-12-24(13-17-28)38-34(46)22-50-36-40-26(7-4-2)19-32(44)42-36/h5,8-20H,3-4,6-7,21-22H2,1-2H3,(H,37,45)(H,38,46)(H,39,41,43)(H,40,42,44). The van der Waals surface area contributed by atoms with Gasteiger partial charge >= 0.3 is 0 Å². The molecule has 0 bridgehead atoms. The number of aromatic amines is 2. The Morgan fingerprint density at radius 3 is 1.44 bits per heavy atom. The number of rotatable bonds is 16. The first-order valence-electron chi connectivity index (χ1n) is 16.0. The molecule has 14 heteroatoms. The molecule has 0 saturated heterocycles. The number of nitrogens with one attached hydrogen (secondary N) is 4. The second kappa shape index (κ2) is 17.9. The summed E-state index contributed by atoms with van der Waals surface area (Å²) in [5.41, 5.74) is 2.16. The number of ether oxygens (including phenoxy) is 2. The smallest absolute Gasteiger partial charge is 0.251 e. The number of thioether (sulfide) groups is 2. The lowest BCUT2D eigenvalue weighted by Gasteiger charge is -2.11. The molecule has 2 aromatic heterocycles. The third-order valence-electron chi connectivity index (χ3n) is 6.79. The van der Waals surface area contributed by atoms with Gasteiger partial charge in [0.1, 0.15) is 23.0 Å². The summed E-state index contributed by atoms with van der Waals surface area (Å²) < 4.78 is 12.0. The number of hydrogen-bond donors (Lipinski definition) is 4. The molecule has 2 amide bonds. The molecule has 0 unspecified atom stereocenters. The number of aromatic nitrogens is 4. The number of hydrogen-bond acceptors (Lipinski definition) is 10. The predicted octanol–water partition coefficient (Wildman–Crippen LogP) is 6.80. The molecule has 5 aromatic rings. The van der Waals surface area contributed by atoms with E-state index in [4.69, 9.17) is 9.47 Å². The Balaban J connectivity index is 1.08. The summed E-state index contributed by atoms with van der Waals surface area (Å²) >= 11 is 2.34. The zero-order valence-electron chi connectivity index (χ0n) is 27.5. The first kappa shape index (κ1) is 36.0. The lowest BCUT2D eigenvalue weighted by atomic mass is 10.2. The maximum atomic E-state index is 12.5. The van der Waals surface area contributed by atoms with Crippen LogP contribution in [-0.2, 0) is 22.4 Å². The molecule has 0 atom stereocenters. The van der Waals surface area contributed by atoms with Crippen LogP contribution in [0.5, 0.6) is 23.0 Å². The Morgan fingerprint density at radius 2 is 1.04 bits per heavy atom. The lowest BCUT2D eigenvalue weighted by Crippen LogP contribution is -2.15. The van der Waals surface area contributed by atoms with Crippen LogP contribution in [0, 0.1) is 0 Å². The van der Waals surface area contributed by atoms with Crippen molar-refractivity contribution in [3.05, 3.63) is 117 Å². The Morgan fingerprint density at radius 1 is 0.620 bits per heavy atom. The second-order valence-corrected chi connectivity index (χ2v) is 12.9. The third-order valence-corrected chi connectivity index (χ3v) is 8.54. The van der Waals surface area contributed by atoms with Gasteiger partial charge in [-0.2, -0.15) is 0 Å². The van der Waals surface area contributed by atoms with E-state index >= 15 is 0 Å².